The molecule has 114 valence electrons. The summed E-state index contributed by atoms with van der Waals surface area (Å²) in [6, 6.07) is 4.90. The molecule has 2 N–H and O–H groups in total. The molecule has 1 aliphatic heterocycles. The van der Waals surface area contributed by atoms with Crippen LogP contribution in [0.3, 0.4) is 0 Å². The Morgan fingerprint density at radius 3 is 2.62 bits per heavy atom. The molecule has 0 atom stereocenters. The number of anilines is 1. The first-order valence-electron chi connectivity index (χ1n) is 6.76. The van der Waals surface area contributed by atoms with Gasteiger partial charge in [-0.05, 0) is 37.0 Å². The molecule has 0 aliphatic carbocycles. The van der Waals surface area contributed by atoms with Gasteiger partial charge in [0.15, 0.2) is 9.84 Å². The van der Waals surface area contributed by atoms with Crippen molar-refractivity contribution in [2.75, 3.05) is 11.1 Å². The third kappa shape index (κ3) is 4.04. The Morgan fingerprint density at radius 1 is 1.19 bits per heavy atom. The number of aryl methyl sites for hydroxylation is 1. The number of hydrogen-bond acceptors (Lipinski definition) is 4. The molecule has 21 heavy (non-hydrogen) atoms. The van der Waals surface area contributed by atoms with Gasteiger partial charge in [-0.2, -0.15) is 0 Å². The summed E-state index contributed by atoms with van der Waals surface area (Å²) < 4.78 is 23.6. The summed E-state index contributed by atoms with van der Waals surface area (Å²) in [5, 5.41) is 11.1. The summed E-state index contributed by atoms with van der Waals surface area (Å²) >= 11 is 0. The van der Waals surface area contributed by atoms with Gasteiger partial charge in [0.2, 0.25) is 5.91 Å². The van der Waals surface area contributed by atoms with Gasteiger partial charge < -0.3 is 10.4 Å². The van der Waals surface area contributed by atoms with E-state index in [0.717, 1.165) is 5.56 Å². The van der Waals surface area contributed by atoms with E-state index in [4.69, 9.17) is 5.11 Å². The number of benzene rings is 1. The molecular weight excluding hydrogens is 294 g/mol. The lowest BCUT2D eigenvalue weighted by Crippen LogP contribution is -2.11. The van der Waals surface area contributed by atoms with Crippen molar-refractivity contribution in [2.45, 2.75) is 37.0 Å². The molecular formula is C14H17NO5S. The van der Waals surface area contributed by atoms with Gasteiger partial charge in [0.1, 0.15) is 0 Å². The Hall–Kier alpha value is -1.89. The number of carboxylic acids is 1. The first-order valence-corrected chi connectivity index (χ1v) is 8.41. The highest BCUT2D eigenvalue weighted by molar-refractivity contribution is 7.91. The number of hydrogen-bond donors (Lipinski definition) is 2. The molecule has 2 rings (SSSR count). The van der Waals surface area contributed by atoms with E-state index >= 15 is 0 Å². The molecule has 1 aliphatic rings. The fourth-order valence-corrected chi connectivity index (χ4v) is 3.85. The predicted octanol–water partition coefficient (Wildman–Crippen LogP) is 1.60. The van der Waals surface area contributed by atoms with Crippen LogP contribution in [0.5, 0.6) is 0 Å². The summed E-state index contributed by atoms with van der Waals surface area (Å²) in [5.74, 6) is -0.996. The van der Waals surface area contributed by atoms with Gasteiger partial charge in [0, 0.05) is 18.5 Å². The predicted molar refractivity (Wildman–Crippen MR) is 76.9 cm³/mol. The van der Waals surface area contributed by atoms with E-state index < -0.39 is 15.8 Å². The third-order valence-corrected chi connectivity index (χ3v) is 5.16. The van der Waals surface area contributed by atoms with Crippen LogP contribution in [0.25, 0.3) is 0 Å². The molecule has 0 aromatic heterocycles. The lowest BCUT2D eigenvalue weighted by molar-refractivity contribution is -0.137. The summed E-state index contributed by atoms with van der Waals surface area (Å²) in [6.07, 6.45) is 1.71. The summed E-state index contributed by atoms with van der Waals surface area (Å²) in [5.41, 5.74) is 1.25. The standard InChI is InChI=1S/C14H17NO5S/c16-13(3-1-2-4-14(17)18)15-11-6-5-10-7-8-21(19,20)12(10)9-11/h5-6,9H,1-4,7-8H2,(H,15,16)(H,17,18). The molecule has 0 saturated heterocycles. The number of carbonyl (C=O) groups excluding carboxylic acids is 1. The first kappa shape index (κ1) is 15.5. The van der Waals surface area contributed by atoms with Crippen molar-refractivity contribution in [1.29, 1.82) is 0 Å². The van der Waals surface area contributed by atoms with Crippen LogP contribution in [0, 0.1) is 0 Å². The molecule has 1 heterocycles. The molecule has 1 amide bonds. The minimum atomic E-state index is -3.21. The average Bonchev–Trinajstić information content (AvgIpc) is 2.71. The molecule has 0 fully saturated rings. The van der Waals surface area contributed by atoms with Gasteiger partial charge in [-0.1, -0.05) is 6.07 Å². The van der Waals surface area contributed by atoms with Crippen LogP contribution >= 0.6 is 0 Å². The second-order valence-electron chi connectivity index (χ2n) is 5.04. The zero-order chi connectivity index (χ0) is 15.5. The monoisotopic (exact) mass is 311 g/mol. The number of fused-ring (bicyclic) bond motifs is 1. The Bertz CT molecular complexity index is 666. The number of nitrogens with one attached hydrogen (secondary N) is 1. The number of rotatable bonds is 6. The highest BCUT2D eigenvalue weighted by atomic mass is 32.2. The molecule has 1 aromatic carbocycles. The number of amides is 1. The lowest BCUT2D eigenvalue weighted by atomic mass is 10.1. The number of unbranched alkanes of at least 4 members (excludes halogenated alkanes) is 1. The fraction of sp³-hybridized carbons (Fsp3) is 0.429. The third-order valence-electron chi connectivity index (χ3n) is 3.37. The summed E-state index contributed by atoms with van der Waals surface area (Å²) in [6.45, 7) is 0. The van der Waals surface area contributed by atoms with Crippen molar-refractivity contribution in [3.63, 3.8) is 0 Å². The smallest absolute Gasteiger partial charge is 0.303 e. The van der Waals surface area contributed by atoms with Crippen LogP contribution in [0.15, 0.2) is 23.1 Å². The van der Waals surface area contributed by atoms with Crippen molar-refractivity contribution < 1.29 is 23.1 Å². The second-order valence-corrected chi connectivity index (χ2v) is 7.12. The molecule has 6 nitrogen and oxygen atoms in total. The highest BCUT2D eigenvalue weighted by Gasteiger charge is 2.26. The Balaban J connectivity index is 1.92. The number of carboxylic acid groups (broad SMARTS) is 1. The maximum absolute atomic E-state index is 11.8. The van der Waals surface area contributed by atoms with Crippen LogP contribution in [-0.4, -0.2) is 31.2 Å². The number of aliphatic carboxylic acids is 1. The molecule has 0 bridgehead atoms. The highest BCUT2D eigenvalue weighted by Crippen LogP contribution is 2.28. The molecule has 0 unspecified atom stereocenters. The normalized spacial score (nSPS) is 15.4. The minimum absolute atomic E-state index is 0.0460. The number of sulfone groups is 1. The van der Waals surface area contributed by atoms with Crippen LogP contribution in [0.2, 0.25) is 0 Å². The Morgan fingerprint density at radius 2 is 1.90 bits per heavy atom. The number of carbonyl (C=O) groups is 2. The fourth-order valence-electron chi connectivity index (χ4n) is 2.27. The van der Waals surface area contributed by atoms with Crippen molar-refractivity contribution in [1.82, 2.24) is 0 Å². The Labute approximate surface area is 123 Å². The van der Waals surface area contributed by atoms with Gasteiger partial charge in [0.25, 0.3) is 0 Å². The van der Waals surface area contributed by atoms with Crippen molar-refractivity contribution in [2.24, 2.45) is 0 Å². The quantitative estimate of drug-likeness (QED) is 0.777. The van der Waals surface area contributed by atoms with E-state index in [-0.39, 0.29) is 24.5 Å². The van der Waals surface area contributed by atoms with Crippen LogP contribution in [0.4, 0.5) is 5.69 Å². The van der Waals surface area contributed by atoms with E-state index in [0.29, 0.717) is 29.8 Å². The summed E-state index contributed by atoms with van der Waals surface area (Å²) in [4.78, 5) is 22.4. The second kappa shape index (κ2) is 6.26. The molecule has 0 saturated carbocycles. The van der Waals surface area contributed by atoms with E-state index in [1.807, 2.05) is 0 Å². The zero-order valence-corrected chi connectivity index (χ0v) is 12.3. The van der Waals surface area contributed by atoms with Crippen LogP contribution in [0.1, 0.15) is 31.2 Å². The van der Waals surface area contributed by atoms with Crippen molar-refractivity contribution >= 4 is 27.4 Å². The minimum Gasteiger partial charge on any atom is -0.481 e. The van der Waals surface area contributed by atoms with Crippen molar-refractivity contribution in [3.05, 3.63) is 23.8 Å². The molecule has 0 spiro atoms. The van der Waals surface area contributed by atoms with Crippen LogP contribution in [-0.2, 0) is 25.8 Å². The topological polar surface area (TPSA) is 101 Å². The summed E-state index contributed by atoms with van der Waals surface area (Å²) in [7, 11) is -3.21. The van der Waals surface area contributed by atoms with Gasteiger partial charge in [-0.25, -0.2) is 8.42 Å². The van der Waals surface area contributed by atoms with E-state index in [1.54, 1.807) is 12.1 Å². The van der Waals surface area contributed by atoms with Gasteiger partial charge in [-0.3, -0.25) is 9.59 Å². The SMILES string of the molecule is O=C(O)CCCCC(=O)Nc1ccc2c(c1)S(=O)(=O)CC2. The lowest BCUT2D eigenvalue weighted by Gasteiger charge is -2.07. The Kier molecular flexibility index (Phi) is 4.62. The first-order chi connectivity index (χ1) is 9.88. The van der Waals surface area contributed by atoms with E-state index in [9.17, 15) is 18.0 Å². The molecule has 7 heteroatoms. The van der Waals surface area contributed by atoms with E-state index in [1.165, 1.54) is 6.07 Å². The van der Waals surface area contributed by atoms with Crippen molar-refractivity contribution in [3.8, 4) is 0 Å². The van der Waals surface area contributed by atoms with Gasteiger partial charge >= 0.3 is 5.97 Å². The van der Waals surface area contributed by atoms with Crippen LogP contribution < -0.4 is 5.32 Å². The molecule has 0 radical (unpaired) electrons. The zero-order valence-electron chi connectivity index (χ0n) is 11.5. The average molecular weight is 311 g/mol. The van der Waals surface area contributed by atoms with Gasteiger partial charge in [-0.15, -0.1) is 0 Å². The maximum Gasteiger partial charge on any atom is 0.303 e. The molecule has 1 aromatic rings. The maximum atomic E-state index is 11.8. The van der Waals surface area contributed by atoms with E-state index in [2.05, 4.69) is 5.32 Å². The largest absolute Gasteiger partial charge is 0.481 e. The van der Waals surface area contributed by atoms with Gasteiger partial charge in [0.05, 0.1) is 10.6 Å².